The minimum Gasteiger partial charge on any atom is -0.357 e. The molecule has 138 valence electrons. The van der Waals surface area contributed by atoms with Crippen LogP contribution in [-0.2, 0) is 19.5 Å². The lowest BCUT2D eigenvalue weighted by atomic mass is 10.2. The first-order valence-electron chi connectivity index (χ1n) is 7.96. The number of benzene rings is 1. The lowest BCUT2D eigenvalue weighted by molar-refractivity contribution is 0.585. The summed E-state index contributed by atoms with van der Waals surface area (Å²) in [6.07, 6.45) is 2.50. The molecule has 0 amide bonds. The van der Waals surface area contributed by atoms with Gasteiger partial charge in [0.05, 0.1) is 6.54 Å². The molecule has 0 fully saturated rings. The fraction of sp³-hybridized carbons (Fsp3) is 0.438. The van der Waals surface area contributed by atoms with Gasteiger partial charge in [0, 0.05) is 31.6 Å². The Hall–Kier alpha value is -1.78. The lowest BCUT2D eigenvalue weighted by Gasteiger charge is -2.12. The Labute approximate surface area is 163 Å². The largest absolute Gasteiger partial charge is 0.357 e. The summed E-state index contributed by atoms with van der Waals surface area (Å²) in [6.45, 7) is 6.00. The number of hydrogen-bond donors (Lipinski definition) is 2. The zero-order valence-corrected chi connectivity index (χ0v) is 16.6. The van der Waals surface area contributed by atoms with Gasteiger partial charge in [0.25, 0.3) is 0 Å². The van der Waals surface area contributed by atoms with Gasteiger partial charge in [-0.25, -0.2) is 13.8 Å². The number of hydrogen-bond acceptors (Lipinski definition) is 3. The van der Waals surface area contributed by atoms with Gasteiger partial charge in [0.2, 0.25) is 0 Å². The molecule has 0 atom stereocenters. The number of aliphatic imine (C=N–C) groups is 1. The van der Waals surface area contributed by atoms with E-state index >= 15 is 0 Å². The molecule has 0 aliphatic carbocycles. The van der Waals surface area contributed by atoms with Crippen LogP contribution in [0.2, 0.25) is 0 Å². The number of nitrogens with zero attached hydrogens (tertiary/aromatic N) is 4. The highest BCUT2D eigenvalue weighted by Gasteiger charge is 2.05. The maximum absolute atomic E-state index is 13.6. The first-order valence-corrected chi connectivity index (χ1v) is 7.96. The number of guanidine groups is 1. The number of aromatic nitrogens is 3. The molecule has 2 rings (SSSR count). The molecule has 25 heavy (non-hydrogen) atoms. The Morgan fingerprint density at radius 2 is 2.04 bits per heavy atom. The normalized spacial score (nSPS) is 11.1. The van der Waals surface area contributed by atoms with Crippen molar-refractivity contribution in [3.05, 3.63) is 47.5 Å². The zero-order valence-electron chi connectivity index (χ0n) is 14.3. The Kier molecular flexibility index (Phi) is 9.32. The van der Waals surface area contributed by atoms with E-state index in [1.54, 1.807) is 6.33 Å². The van der Waals surface area contributed by atoms with E-state index in [0.29, 0.717) is 25.6 Å². The molecule has 0 spiro atoms. The van der Waals surface area contributed by atoms with Gasteiger partial charge < -0.3 is 15.2 Å². The van der Waals surface area contributed by atoms with Crippen LogP contribution in [0.15, 0.2) is 29.5 Å². The van der Waals surface area contributed by atoms with Crippen molar-refractivity contribution in [2.75, 3.05) is 13.1 Å². The summed E-state index contributed by atoms with van der Waals surface area (Å²) < 4.78 is 28.8. The standard InChI is InChI=1S/C16H22F2N6.HI/c1-3-15-23-22-11-24(15)8-7-20-16(19-4-2)21-10-12-9-13(17)5-6-14(12)18;/h5-6,9,11H,3-4,7-8,10H2,1-2H3,(H2,19,20,21);1H. The van der Waals surface area contributed by atoms with Crippen LogP contribution in [0.25, 0.3) is 0 Å². The molecule has 0 unspecified atom stereocenters. The number of halogens is 3. The third kappa shape index (κ3) is 6.56. The Morgan fingerprint density at radius 1 is 1.24 bits per heavy atom. The fourth-order valence-corrected chi connectivity index (χ4v) is 2.20. The summed E-state index contributed by atoms with van der Waals surface area (Å²) in [5.74, 6) is 0.528. The van der Waals surface area contributed by atoms with Crippen molar-refractivity contribution < 1.29 is 8.78 Å². The van der Waals surface area contributed by atoms with Crippen molar-refractivity contribution in [1.29, 1.82) is 0 Å². The molecule has 1 heterocycles. The average Bonchev–Trinajstić information content (AvgIpc) is 3.03. The summed E-state index contributed by atoms with van der Waals surface area (Å²) in [5.41, 5.74) is 0.222. The van der Waals surface area contributed by atoms with Crippen molar-refractivity contribution in [1.82, 2.24) is 25.4 Å². The van der Waals surface area contributed by atoms with Crippen LogP contribution < -0.4 is 10.6 Å². The highest BCUT2D eigenvalue weighted by Crippen LogP contribution is 2.10. The van der Waals surface area contributed by atoms with E-state index in [4.69, 9.17) is 0 Å². The molecule has 0 aliphatic heterocycles. The molecular weight excluding hydrogens is 441 g/mol. The smallest absolute Gasteiger partial charge is 0.191 e. The monoisotopic (exact) mass is 464 g/mol. The van der Waals surface area contributed by atoms with Crippen LogP contribution in [0.3, 0.4) is 0 Å². The van der Waals surface area contributed by atoms with Gasteiger partial charge in [-0.05, 0) is 25.1 Å². The van der Waals surface area contributed by atoms with E-state index in [2.05, 4.69) is 25.8 Å². The minimum absolute atomic E-state index is 0. The van der Waals surface area contributed by atoms with Gasteiger partial charge in [-0.2, -0.15) is 0 Å². The quantitative estimate of drug-likeness (QED) is 0.376. The van der Waals surface area contributed by atoms with Crippen molar-refractivity contribution in [2.24, 2.45) is 4.99 Å². The Balaban J connectivity index is 0.00000312. The molecule has 0 radical (unpaired) electrons. The van der Waals surface area contributed by atoms with Crippen LogP contribution in [0.1, 0.15) is 25.2 Å². The average molecular weight is 464 g/mol. The first kappa shape index (κ1) is 21.3. The summed E-state index contributed by atoms with van der Waals surface area (Å²) in [5, 5.41) is 14.1. The Morgan fingerprint density at radius 3 is 2.76 bits per heavy atom. The van der Waals surface area contributed by atoms with E-state index < -0.39 is 11.6 Å². The zero-order chi connectivity index (χ0) is 17.4. The van der Waals surface area contributed by atoms with E-state index in [0.717, 1.165) is 30.4 Å². The molecule has 0 bridgehead atoms. The molecule has 1 aromatic carbocycles. The summed E-state index contributed by atoms with van der Waals surface area (Å²) in [6, 6.07) is 3.36. The van der Waals surface area contributed by atoms with Crippen LogP contribution in [-0.4, -0.2) is 33.8 Å². The topological polar surface area (TPSA) is 67.1 Å². The van der Waals surface area contributed by atoms with Crippen molar-refractivity contribution >= 4 is 29.9 Å². The second-order valence-corrected chi connectivity index (χ2v) is 5.15. The van der Waals surface area contributed by atoms with Crippen molar-refractivity contribution in [3.63, 3.8) is 0 Å². The number of nitrogens with one attached hydrogen (secondary N) is 2. The second kappa shape index (κ2) is 11.0. The summed E-state index contributed by atoms with van der Waals surface area (Å²) >= 11 is 0. The van der Waals surface area contributed by atoms with E-state index in [1.807, 2.05) is 18.4 Å². The molecule has 1 aromatic heterocycles. The van der Waals surface area contributed by atoms with Crippen molar-refractivity contribution in [3.8, 4) is 0 Å². The van der Waals surface area contributed by atoms with E-state index in [1.165, 1.54) is 0 Å². The number of rotatable bonds is 7. The van der Waals surface area contributed by atoms with E-state index in [-0.39, 0.29) is 36.1 Å². The third-order valence-electron chi connectivity index (χ3n) is 3.42. The van der Waals surface area contributed by atoms with Gasteiger partial charge in [0.1, 0.15) is 23.8 Å². The maximum atomic E-state index is 13.6. The van der Waals surface area contributed by atoms with Crippen LogP contribution in [0, 0.1) is 11.6 Å². The second-order valence-electron chi connectivity index (χ2n) is 5.15. The third-order valence-corrected chi connectivity index (χ3v) is 3.42. The molecule has 0 saturated carbocycles. The summed E-state index contributed by atoms with van der Waals surface area (Å²) in [4.78, 5) is 4.29. The molecule has 6 nitrogen and oxygen atoms in total. The lowest BCUT2D eigenvalue weighted by Crippen LogP contribution is -2.39. The predicted octanol–water partition coefficient (Wildman–Crippen LogP) is 2.49. The van der Waals surface area contributed by atoms with Gasteiger partial charge in [-0.1, -0.05) is 6.92 Å². The minimum atomic E-state index is -0.473. The Bertz CT molecular complexity index is 689. The highest BCUT2D eigenvalue weighted by atomic mass is 127. The summed E-state index contributed by atoms with van der Waals surface area (Å²) in [7, 11) is 0. The van der Waals surface area contributed by atoms with Crippen LogP contribution in [0.4, 0.5) is 8.78 Å². The van der Waals surface area contributed by atoms with E-state index in [9.17, 15) is 8.78 Å². The maximum Gasteiger partial charge on any atom is 0.191 e. The molecule has 0 saturated heterocycles. The predicted molar refractivity (Wildman–Crippen MR) is 104 cm³/mol. The van der Waals surface area contributed by atoms with Crippen LogP contribution >= 0.6 is 24.0 Å². The molecule has 2 N–H and O–H groups in total. The molecule has 9 heteroatoms. The number of aryl methyl sites for hydroxylation is 1. The van der Waals surface area contributed by atoms with Gasteiger partial charge in [-0.3, -0.25) is 0 Å². The highest BCUT2D eigenvalue weighted by molar-refractivity contribution is 14.0. The molecule has 2 aromatic rings. The van der Waals surface area contributed by atoms with Crippen molar-refractivity contribution in [2.45, 2.75) is 33.4 Å². The van der Waals surface area contributed by atoms with Gasteiger partial charge in [-0.15, -0.1) is 34.2 Å². The SMILES string of the molecule is CCNC(=NCc1cc(F)ccc1F)NCCn1cnnc1CC.I. The van der Waals surface area contributed by atoms with Crippen LogP contribution in [0.5, 0.6) is 0 Å². The fourth-order valence-electron chi connectivity index (χ4n) is 2.20. The van der Waals surface area contributed by atoms with Gasteiger partial charge >= 0.3 is 0 Å². The molecule has 0 aliphatic rings. The first-order chi connectivity index (χ1) is 11.6. The van der Waals surface area contributed by atoms with Gasteiger partial charge in [0.15, 0.2) is 5.96 Å². The molecular formula is C16H23F2IN6.